The van der Waals surface area contributed by atoms with Crippen LogP contribution in [-0.2, 0) is 6.42 Å². The van der Waals surface area contributed by atoms with Gasteiger partial charge in [0, 0.05) is 30.3 Å². The number of alkyl halides is 4. The van der Waals surface area contributed by atoms with Crippen molar-refractivity contribution in [2.45, 2.75) is 45.0 Å². The lowest BCUT2D eigenvalue weighted by molar-refractivity contribution is -0.605. The zero-order valence-electron chi connectivity index (χ0n) is 21.2. The van der Waals surface area contributed by atoms with Crippen molar-refractivity contribution in [3.8, 4) is 17.4 Å². The van der Waals surface area contributed by atoms with Crippen molar-refractivity contribution in [3.05, 3.63) is 119 Å². The van der Waals surface area contributed by atoms with Crippen LogP contribution in [0, 0.1) is 11.0 Å². The van der Waals surface area contributed by atoms with Crippen LogP contribution in [0.4, 0.5) is 22.0 Å². The molecule has 2 atom stereocenters. The Balaban J connectivity index is 1.66. The number of halogens is 5. The molecular weight excluding hydrogens is 535 g/mol. The number of hydrogen-bond acceptors (Lipinski definition) is 5. The van der Waals surface area contributed by atoms with E-state index in [-0.39, 0.29) is 11.9 Å². The number of nitrogens with zero attached hydrogens (tertiary/aromatic N) is 2. The van der Waals surface area contributed by atoms with E-state index in [1.807, 2.05) is 6.92 Å². The number of pyridine rings is 2. The van der Waals surface area contributed by atoms with Gasteiger partial charge in [0.15, 0.2) is 23.9 Å². The Kier molecular flexibility index (Phi) is 9.36. The Labute approximate surface area is 227 Å². The van der Waals surface area contributed by atoms with Gasteiger partial charge in [-0.3, -0.25) is 0 Å². The van der Waals surface area contributed by atoms with Crippen molar-refractivity contribution in [2.75, 3.05) is 0 Å². The van der Waals surface area contributed by atoms with Gasteiger partial charge < -0.3 is 19.4 Å². The lowest BCUT2D eigenvalue weighted by Gasteiger charge is -2.21. The Hall–Kier alpha value is -4.41. The fourth-order valence-corrected chi connectivity index (χ4v) is 4.24. The molecule has 0 saturated carbocycles. The summed E-state index contributed by atoms with van der Waals surface area (Å²) < 4.78 is 80.6. The summed E-state index contributed by atoms with van der Waals surface area (Å²) in [4.78, 5) is 4.41. The van der Waals surface area contributed by atoms with Crippen LogP contribution >= 0.6 is 0 Å². The average Bonchev–Trinajstić information content (AvgIpc) is 2.93. The van der Waals surface area contributed by atoms with E-state index in [9.17, 15) is 27.2 Å². The second-order valence-corrected chi connectivity index (χ2v) is 8.78. The molecule has 210 valence electrons. The molecule has 0 spiro atoms. The molecule has 2 unspecified atom stereocenters. The van der Waals surface area contributed by atoms with Crippen LogP contribution in [-0.4, -0.2) is 18.2 Å². The molecule has 2 heterocycles. The van der Waals surface area contributed by atoms with Gasteiger partial charge in [0.1, 0.15) is 11.9 Å². The van der Waals surface area contributed by atoms with Gasteiger partial charge in [-0.25, -0.2) is 9.37 Å². The van der Waals surface area contributed by atoms with Crippen molar-refractivity contribution >= 4 is 0 Å². The van der Waals surface area contributed by atoms with E-state index < -0.39 is 30.6 Å². The molecule has 4 rings (SSSR count). The highest BCUT2D eigenvalue weighted by molar-refractivity contribution is 5.47. The van der Waals surface area contributed by atoms with Crippen LogP contribution in [0.5, 0.6) is 17.4 Å². The fraction of sp³-hybridized carbons (Fsp3) is 0.241. The van der Waals surface area contributed by atoms with Gasteiger partial charge in [-0.2, -0.15) is 22.3 Å². The highest BCUT2D eigenvalue weighted by atomic mass is 19.3. The highest BCUT2D eigenvalue weighted by Gasteiger charge is 2.22. The second kappa shape index (κ2) is 13.1. The second-order valence-electron chi connectivity index (χ2n) is 8.78. The van der Waals surface area contributed by atoms with E-state index in [1.165, 1.54) is 36.7 Å². The maximum atomic E-state index is 13.3. The smallest absolute Gasteiger partial charge is 0.387 e. The first-order valence-corrected chi connectivity index (χ1v) is 12.3. The van der Waals surface area contributed by atoms with Gasteiger partial charge in [-0.05, 0) is 59.4 Å². The standard InChI is InChI=1S/C29H25F5N2O4/c1-2-24(19-3-7-22(30)8-4-19)38-27-10-6-21(17-35-27)23(15-18-11-13-36(37)14-12-18)20-5-9-25(39-28(31)32)26(16-20)40-29(33)34/h3-14,16-17,23-24,28-29H,2,15H2,1H3. The van der Waals surface area contributed by atoms with Crippen LogP contribution in [0.15, 0.2) is 85.3 Å². The first-order valence-electron chi connectivity index (χ1n) is 12.3. The van der Waals surface area contributed by atoms with E-state index in [0.29, 0.717) is 34.6 Å². The molecule has 0 N–H and O–H groups in total. The Morgan fingerprint density at radius 2 is 1.40 bits per heavy atom. The topological polar surface area (TPSA) is 67.5 Å². The summed E-state index contributed by atoms with van der Waals surface area (Å²) >= 11 is 0. The number of aromatic nitrogens is 2. The van der Waals surface area contributed by atoms with E-state index in [0.717, 1.165) is 17.2 Å². The Bertz CT molecular complexity index is 1370. The molecule has 0 bridgehead atoms. The fourth-order valence-electron chi connectivity index (χ4n) is 4.24. The van der Waals surface area contributed by atoms with Crippen LogP contribution in [0.1, 0.15) is 47.6 Å². The number of ether oxygens (including phenoxy) is 3. The van der Waals surface area contributed by atoms with Crippen LogP contribution in [0.3, 0.4) is 0 Å². The van der Waals surface area contributed by atoms with Crippen LogP contribution in [0.2, 0.25) is 0 Å². The molecule has 4 aromatic rings. The molecule has 11 heteroatoms. The van der Waals surface area contributed by atoms with E-state index in [2.05, 4.69) is 14.5 Å². The SMILES string of the molecule is CCC(Oc1ccc(C(Cc2cc[n+]([O-])cc2)c2ccc(OC(F)F)c(OC(F)F)c2)cn1)c1ccc(F)cc1. The molecule has 0 amide bonds. The van der Waals surface area contributed by atoms with Gasteiger partial charge in [-0.1, -0.05) is 31.2 Å². The summed E-state index contributed by atoms with van der Waals surface area (Å²) in [6.07, 6.45) is 4.77. The predicted molar refractivity (Wildman–Crippen MR) is 135 cm³/mol. The molecule has 40 heavy (non-hydrogen) atoms. The van der Waals surface area contributed by atoms with Crippen molar-refractivity contribution in [1.29, 1.82) is 0 Å². The molecular formula is C29H25F5N2O4. The number of hydrogen-bond donors (Lipinski definition) is 0. The summed E-state index contributed by atoms with van der Waals surface area (Å²) in [5.41, 5.74) is 2.66. The van der Waals surface area contributed by atoms with Crippen molar-refractivity contribution in [2.24, 2.45) is 0 Å². The van der Waals surface area contributed by atoms with Crippen molar-refractivity contribution in [3.63, 3.8) is 0 Å². The molecule has 0 radical (unpaired) electrons. The quantitative estimate of drug-likeness (QED) is 0.106. The lowest BCUT2D eigenvalue weighted by atomic mass is 9.87. The molecule has 0 fully saturated rings. The Morgan fingerprint density at radius 1 is 0.775 bits per heavy atom. The van der Waals surface area contributed by atoms with Gasteiger partial charge >= 0.3 is 13.2 Å². The van der Waals surface area contributed by atoms with E-state index in [4.69, 9.17) is 4.74 Å². The largest absolute Gasteiger partial charge is 0.619 e. The maximum Gasteiger partial charge on any atom is 0.387 e. The summed E-state index contributed by atoms with van der Waals surface area (Å²) in [7, 11) is 0. The molecule has 0 aliphatic carbocycles. The molecule has 0 aliphatic heterocycles. The number of rotatable bonds is 12. The van der Waals surface area contributed by atoms with Crippen LogP contribution < -0.4 is 18.9 Å². The molecule has 0 aliphatic rings. The third-order valence-electron chi connectivity index (χ3n) is 6.15. The van der Waals surface area contributed by atoms with Gasteiger partial charge in [0.25, 0.3) is 0 Å². The molecule has 6 nitrogen and oxygen atoms in total. The monoisotopic (exact) mass is 560 g/mol. The highest BCUT2D eigenvalue weighted by Crippen LogP contribution is 2.37. The van der Waals surface area contributed by atoms with Crippen molar-refractivity contribution in [1.82, 2.24) is 4.98 Å². The van der Waals surface area contributed by atoms with Gasteiger partial charge in [0.2, 0.25) is 5.88 Å². The lowest BCUT2D eigenvalue weighted by Crippen LogP contribution is -2.24. The minimum atomic E-state index is -3.26. The predicted octanol–water partition coefficient (Wildman–Crippen LogP) is 6.96. The first-order chi connectivity index (χ1) is 19.2. The molecule has 2 aromatic heterocycles. The number of benzene rings is 2. The Morgan fingerprint density at radius 3 is 2.00 bits per heavy atom. The summed E-state index contributed by atoms with van der Waals surface area (Å²) in [6, 6.07) is 16.4. The van der Waals surface area contributed by atoms with Gasteiger partial charge in [-0.15, -0.1) is 0 Å². The molecule has 0 saturated heterocycles. The molecule has 2 aromatic carbocycles. The van der Waals surface area contributed by atoms with Crippen LogP contribution in [0.25, 0.3) is 0 Å². The zero-order valence-corrected chi connectivity index (χ0v) is 21.2. The first kappa shape index (κ1) is 28.6. The van der Waals surface area contributed by atoms with E-state index in [1.54, 1.807) is 42.6 Å². The maximum absolute atomic E-state index is 13.3. The summed E-state index contributed by atoms with van der Waals surface area (Å²) in [5, 5.41) is 11.5. The minimum Gasteiger partial charge on any atom is -0.619 e. The summed E-state index contributed by atoms with van der Waals surface area (Å²) in [5.74, 6) is -1.61. The average molecular weight is 561 g/mol. The third kappa shape index (κ3) is 7.58. The normalized spacial score (nSPS) is 12.8. The third-order valence-corrected chi connectivity index (χ3v) is 6.15. The zero-order chi connectivity index (χ0) is 28.6. The van der Waals surface area contributed by atoms with Crippen molar-refractivity contribution < 1.29 is 40.9 Å². The van der Waals surface area contributed by atoms with E-state index >= 15 is 0 Å². The minimum absolute atomic E-state index is 0.313. The van der Waals surface area contributed by atoms with Gasteiger partial charge in [0.05, 0.1) is 0 Å². The summed E-state index contributed by atoms with van der Waals surface area (Å²) in [6.45, 7) is -4.57.